The molecule has 38 heavy (non-hydrogen) atoms. The van der Waals surface area contributed by atoms with E-state index in [9.17, 15) is 14.7 Å². The first-order chi connectivity index (χ1) is 18.5. The van der Waals surface area contributed by atoms with E-state index >= 15 is 0 Å². The molecule has 1 unspecified atom stereocenters. The van der Waals surface area contributed by atoms with E-state index in [-0.39, 0.29) is 36.1 Å². The molecule has 0 radical (unpaired) electrons. The zero-order valence-corrected chi connectivity index (χ0v) is 20.7. The fourth-order valence-electron chi connectivity index (χ4n) is 4.04. The smallest absolute Gasteiger partial charge is 0.323 e. The predicted octanol–water partition coefficient (Wildman–Crippen LogP) is 3.18. The van der Waals surface area contributed by atoms with Crippen molar-refractivity contribution in [1.82, 2.24) is 20.8 Å². The fourth-order valence-corrected chi connectivity index (χ4v) is 4.04. The van der Waals surface area contributed by atoms with E-state index in [1.807, 2.05) is 60.7 Å². The number of carbonyl (C=O) groups is 2. The van der Waals surface area contributed by atoms with Gasteiger partial charge in [-0.3, -0.25) is 9.59 Å². The third kappa shape index (κ3) is 7.33. The van der Waals surface area contributed by atoms with Crippen molar-refractivity contribution in [2.45, 2.75) is 31.3 Å². The minimum absolute atomic E-state index is 0.0270. The van der Waals surface area contributed by atoms with Gasteiger partial charge in [-0.1, -0.05) is 72.8 Å². The topological polar surface area (TPSA) is 155 Å². The number of nitrogens with two attached hydrogens (primary N) is 1. The van der Waals surface area contributed by atoms with Gasteiger partial charge < -0.3 is 31.3 Å². The molecule has 0 aliphatic rings. The van der Waals surface area contributed by atoms with Crippen LogP contribution < -0.4 is 21.7 Å². The molecule has 3 aromatic carbocycles. The lowest BCUT2D eigenvalue weighted by atomic mass is 9.90. The second-order valence-electron chi connectivity index (χ2n) is 8.73. The average molecular weight is 515 g/mol. The van der Waals surface area contributed by atoms with Gasteiger partial charge >= 0.3 is 6.01 Å². The van der Waals surface area contributed by atoms with Crippen molar-refractivity contribution < 1.29 is 19.2 Å². The van der Waals surface area contributed by atoms with E-state index in [1.165, 1.54) is 0 Å². The van der Waals surface area contributed by atoms with Crippen LogP contribution in [0.15, 0.2) is 89.5 Å². The molecule has 0 saturated heterocycles. The minimum atomic E-state index is -0.788. The molecule has 1 heterocycles. The third-order valence-corrected chi connectivity index (χ3v) is 5.95. The Balaban J connectivity index is 1.46. The number of rotatable bonds is 12. The Morgan fingerprint density at radius 1 is 0.895 bits per heavy atom. The first-order valence-corrected chi connectivity index (χ1v) is 12.3. The van der Waals surface area contributed by atoms with Crippen LogP contribution in [0.5, 0.6) is 5.75 Å². The molecule has 10 nitrogen and oxygen atoms in total. The van der Waals surface area contributed by atoms with Gasteiger partial charge in [0, 0.05) is 13.1 Å². The predicted molar refractivity (Wildman–Crippen MR) is 143 cm³/mol. The summed E-state index contributed by atoms with van der Waals surface area (Å²) < 4.78 is 4.94. The van der Waals surface area contributed by atoms with Gasteiger partial charge in [0.15, 0.2) is 0 Å². The monoisotopic (exact) mass is 514 g/mol. The van der Waals surface area contributed by atoms with Gasteiger partial charge in [0.1, 0.15) is 11.8 Å². The number of phenolic OH excluding ortho intramolecular Hbond substituents is 1. The highest BCUT2D eigenvalue weighted by Crippen LogP contribution is 2.25. The first kappa shape index (κ1) is 26.2. The van der Waals surface area contributed by atoms with Crippen LogP contribution >= 0.6 is 0 Å². The maximum Gasteiger partial charge on any atom is 0.323 e. The Labute approximate surface area is 220 Å². The molecular formula is C28H30N6O4. The summed E-state index contributed by atoms with van der Waals surface area (Å²) in [5.74, 6) is -0.991. The van der Waals surface area contributed by atoms with Crippen molar-refractivity contribution in [3.8, 4) is 5.75 Å². The summed E-state index contributed by atoms with van der Waals surface area (Å²) in [5.41, 5.74) is 7.95. The van der Waals surface area contributed by atoms with E-state index < -0.39 is 12.0 Å². The van der Waals surface area contributed by atoms with E-state index in [0.717, 1.165) is 16.7 Å². The normalized spacial score (nSPS) is 11.6. The molecule has 0 fully saturated rings. The summed E-state index contributed by atoms with van der Waals surface area (Å²) in [6.07, 6.45) is 0.890. The Kier molecular flexibility index (Phi) is 8.90. The second-order valence-corrected chi connectivity index (χ2v) is 8.73. The third-order valence-electron chi connectivity index (χ3n) is 5.95. The lowest BCUT2D eigenvalue weighted by molar-refractivity contribution is -0.129. The number of aromatic hydroxyl groups is 1. The van der Waals surface area contributed by atoms with E-state index in [1.54, 1.807) is 24.3 Å². The maximum absolute atomic E-state index is 13.6. The SMILES string of the molecule is Nc1noc(NCCCC(NC(=O)C(c2ccccc2)c2ccccc2)C(=O)NCc2ccc(O)cc2)n1. The van der Waals surface area contributed by atoms with Crippen molar-refractivity contribution in [2.75, 3.05) is 17.6 Å². The van der Waals surface area contributed by atoms with Crippen molar-refractivity contribution in [1.29, 1.82) is 0 Å². The number of hydrogen-bond acceptors (Lipinski definition) is 8. The van der Waals surface area contributed by atoms with Crippen LogP contribution in [0.2, 0.25) is 0 Å². The number of benzene rings is 3. The van der Waals surface area contributed by atoms with Crippen LogP contribution in [0.4, 0.5) is 12.0 Å². The van der Waals surface area contributed by atoms with Gasteiger partial charge in [-0.25, -0.2) is 0 Å². The quantitative estimate of drug-likeness (QED) is 0.181. The van der Waals surface area contributed by atoms with Crippen molar-refractivity contribution in [3.05, 3.63) is 102 Å². The number of nitrogen functional groups attached to an aromatic ring is 1. The number of hydrogen-bond donors (Lipinski definition) is 5. The van der Waals surface area contributed by atoms with Crippen LogP contribution in [-0.2, 0) is 16.1 Å². The van der Waals surface area contributed by atoms with Gasteiger partial charge in [0.25, 0.3) is 5.95 Å². The molecule has 4 aromatic rings. The minimum Gasteiger partial charge on any atom is -0.508 e. The number of anilines is 2. The fraction of sp³-hybridized carbons (Fsp3) is 0.214. The van der Waals surface area contributed by atoms with Gasteiger partial charge in [0.05, 0.1) is 5.92 Å². The van der Waals surface area contributed by atoms with Crippen LogP contribution in [0.3, 0.4) is 0 Å². The number of nitrogens with zero attached hydrogens (tertiary/aromatic N) is 2. The Bertz CT molecular complexity index is 1270. The van der Waals surface area contributed by atoms with E-state index in [4.69, 9.17) is 10.3 Å². The molecule has 0 bridgehead atoms. The molecule has 196 valence electrons. The molecule has 10 heteroatoms. The molecule has 0 aliphatic carbocycles. The second kappa shape index (κ2) is 12.9. The zero-order valence-electron chi connectivity index (χ0n) is 20.7. The number of aromatic nitrogens is 2. The number of nitrogens with one attached hydrogen (secondary N) is 3. The summed E-state index contributed by atoms with van der Waals surface area (Å²) in [6.45, 7) is 0.686. The number of amides is 2. The molecule has 6 N–H and O–H groups in total. The Morgan fingerprint density at radius 3 is 2.11 bits per heavy atom. The standard InChI is InChI=1S/C28H30N6O4/c29-27-33-28(38-34-27)30-17-7-12-23(25(36)31-18-19-13-15-22(35)16-14-19)32-26(37)24(20-8-3-1-4-9-20)21-10-5-2-6-11-21/h1-6,8-11,13-16,23-24,35H,7,12,17-18H2,(H,31,36)(H,32,37)(H3,29,30,33,34). The summed E-state index contributed by atoms with van der Waals surface area (Å²) in [6, 6.07) is 24.9. The molecule has 4 rings (SSSR count). The average Bonchev–Trinajstić information content (AvgIpc) is 3.36. The van der Waals surface area contributed by atoms with E-state index in [2.05, 4.69) is 26.1 Å². The lowest BCUT2D eigenvalue weighted by Crippen LogP contribution is -2.48. The molecule has 0 saturated carbocycles. The van der Waals surface area contributed by atoms with Crippen molar-refractivity contribution in [3.63, 3.8) is 0 Å². The summed E-state index contributed by atoms with van der Waals surface area (Å²) in [4.78, 5) is 30.8. The van der Waals surface area contributed by atoms with Gasteiger partial charge in [-0.15, -0.1) is 0 Å². The van der Waals surface area contributed by atoms with Gasteiger partial charge in [-0.05, 0) is 46.8 Å². The Morgan fingerprint density at radius 2 is 1.53 bits per heavy atom. The number of phenols is 1. The highest BCUT2D eigenvalue weighted by molar-refractivity contribution is 5.92. The molecule has 0 spiro atoms. The van der Waals surface area contributed by atoms with E-state index in [0.29, 0.717) is 19.4 Å². The Hall–Kier alpha value is -4.86. The number of carbonyl (C=O) groups excluding carboxylic acids is 2. The summed E-state index contributed by atoms with van der Waals surface area (Å²) in [7, 11) is 0. The van der Waals surface area contributed by atoms with Crippen LogP contribution in [0.25, 0.3) is 0 Å². The summed E-state index contributed by atoms with van der Waals surface area (Å²) in [5, 5.41) is 21.9. The van der Waals surface area contributed by atoms with Crippen molar-refractivity contribution in [2.24, 2.45) is 0 Å². The van der Waals surface area contributed by atoms with Crippen LogP contribution in [0.1, 0.15) is 35.4 Å². The zero-order chi connectivity index (χ0) is 26.7. The molecule has 2 amide bonds. The van der Waals surface area contributed by atoms with Gasteiger partial charge in [0.2, 0.25) is 11.8 Å². The highest BCUT2D eigenvalue weighted by atomic mass is 16.5. The van der Waals surface area contributed by atoms with Crippen molar-refractivity contribution >= 4 is 23.8 Å². The van der Waals surface area contributed by atoms with Crippen LogP contribution in [0, 0.1) is 0 Å². The molecule has 0 aliphatic heterocycles. The summed E-state index contributed by atoms with van der Waals surface area (Å²) >= 11 is 0. The molecule has 1 aromatic heterocycles. The largest absolute Gasteiger partial charge is 0.508 e. The maximum atomic E-state index is 13.6. The first-order valence-electron chi connectivity index (χ1n) is 12.3. The highest BCUT2D eigenvalue weighted by Gasteiger charge is 2.27. The molecule has 1 atom stereocenters. The van der Waals surface area contributed by atoms with Crippen LogP contribution in [-0.4, -0.2) is 39.6 Å². The van der Waals surface area contributed by atoms with Gasteiger partial charge in [-0.2, -0.15) is 4.98 Å². The molecular weight excluding hydrogens is 484 g/mol. The lowest BCUT2D eigenvalue weighted by Gasteiger charge is -2.23.